The zero-order valence-corrected chi connectivity index (χ0v) is 12.4. The maximum absolute atomic E-state index is 11.7. The maximum atomic E-state index is 11.7. The predicted molar refractivity (Wildman–Crippen MR) is 73.9 cm³/mol. The Morgan fingerprint density at radius 3 is 2.62 bits per heavy atom. The molecule has 1 rings (SSSR count). The van der Waals surface area contributed by atoms with E-state index < -0.39 is 0 Å². The molecule has 90 valence electrons. The first-order chi connectivity index (χ1) is 7.29. The average molecular weight is 335 g/mol. The topological polar surface area (TPSA) is 31.2 Å². The third kappa shape index (κ3) is 4.25. The van der Waals surface area contributed by atoms with Crippen molar-refractivity contribution in [2.45, 2.75) is 39.8 Å². The van der Waals surface area contributed by atoms with E-state index >= 15 is 0 Å². The summed E-state index contributed by atoms with van der Waals surface area (Å²) in [7, 11) is 0. The minimum Gasteiger partial charge on any atom is -0.374 e. The molecule has 0 fully saturated rings. The van der Waals surface area contributed by atoms with E-state index in [4.69, 9.17) is 4.74 Å². The molecule has 1 aromatic rings. The minimum absolute atomic E-state index is 0.0374. The quantitative estimate of drug-likeness (QED) is 0.795. The summed E-state index contributed by atoms with van der Waals surface area (Å²) in [5.41, 5.74) is 0.913. The fourth-order valence-electron chi connectivity index (χ4n) is 1.26. The molecule has 0 aromatic carbocycles. The number of aromatic nitrogens is 1. The Hall–Kier alpha value is -0.360. The van der Waals surface area contributed by atoms with Crippen molar-refractivity contribution < 1.29 is 4.74 Å². The van der Waals surface area contributed by atoms with Crippen LogP contribution in [0.15, 0.2) is 17.1 Å². The minimum atomic E-state index is -0.151. The lowest BCUT2D eigenvalue weighted by molar-refractivity contribution is -0.00715. The van der Waals surface area contributed by atoms with E-state index in [1.165, 1.54) is 0 Å². The number of hydrogen-bond acceptors (Lipinski definition) is 2. The second kappa shape index (κ2) is 5.31. The first-order valence-electron chi connectivity index (χ1n) is 5.30. The van der Waals surface area contributed by atoms with Crippen LogP contribution in [-0.2, 0) is 11.3 Å². The second-order valence-corrected chi connectivity index (χ2v) is 5.96. The molecular formula is C12H18INO2. The molecule has 0 unspecified atom stereocenters. The summed E-state index contributed by atoms with van der Waals surface area (Å²) in [6.07, 6.45) is 1.88. The van der Waals surface area contributed by atoms with Crippen LogP contribution < -0.4 is 5.56 Å². The smallest absolute Gasteiger partial charge is 0.250 e. The molecule has 16 heavy (non-hydrogen) atoms. The fraction of sp³-hybridized carbons (Fsp3) is 0.583. The molecule has 4 heteroatoms. The van der Waals surface area contributed by atoms with Crippen LogP contribution in [0.25, 0.3) is 0 Å². The molecule has 0 amide bonds. The van der Waals surface area contributed by atoms with Gasteiger partial charge in [0, 0.05) is 22.4 Å². The van der Waals surface area contributed by atoms with Gasteiger partial charge in [0.2, 0.25) is 0 Å². The van der Waals surface area contributed by atoms with Crippen molar-refractivity contribution in [3.63, 3.8) is 0 Å². The van der Waals surface area contributed by atoms with Crippen LogP contribution in [0.3, 0.4) is 0 Å². The van der Waals surface area contributed by atoms with E-state index in [9.17, 15) is 4.79 Å². The van der Waals surface area contributed by atoms with Crippen molar-refractivity contribution in [1.29, 1.82) is 0 Å². The molecule has 0 aliphatic carbocycles. The van der Waals surface area contributed by atoms with Crippen LogP contribution in [-0.4, -0.2) is 16.8 Å². The number of halogens is 1. The first-order valence-corrected chi connectivity index (χ1v) is 6.38. The molecular weight excluding hydrogens is 317 g/mol. The van der Waals surface area contributed by atoms with Crippen molar-refractivity contribution in [2.24, 2.45) is 0 Å². The molecule has 0 spiro atoms. The highest BCUT2D eigenvalue weighted by Gasteiger charge is 2.09. The standard InChI is InChI=1S/C12H18INO2/c1-9-7-11(15)14(8-10(9)13)5-6-16-12(2,3)4/h7-8H,5-6H2,1-4H3. The van der Waals surface area contributed by atoms with Gasteiger partial charge in [0.25, 0.3) is 5.56 Å². The molecule has 0 atom stereocenters. The Labute approximate surface area is 110 Å². The number of aryl methyl sites for hydroxylation is 1. The van der Waals surface area contributed by atoms with Crippen LogP contribution in [0.5, 0.6) is 0 Å². The highest BCUT2D eigenvalue weighted by atomic mass is 127. The van der Waals surface area contributed by atoms with Gasteiger partial charge < -0.3 is 9.30 Å². The summed E-state index contributed by atoms with van der Waals surface area (Å²) in [5.74, 6) is 0. The predicted octanol–water partition coefficient (Wildman–Crippen LogP) is 2.58. The number of rotatable bonds is 3. The number of pyridine rings is 1. The van der Waals surface area contributed by atoms with Gasteiger partial charge in [-0.3, -0.25) is 4.79 Å². The van der Waals surface area contributed by atoms with E-state index in [2.05, 4.69) is 22.6 Å². The van der Waals surface area contributed by atoms with Crippen LogP contribution in [0.4, 0.5) is 0 Å². The molecule has 0 radical (unpaired) electrons. The Morgan fingerprint density at radius 2 is 2.06 bits per heavy atom. The van der Waals surface area contributed by atoms with E-state index in [-0.39, 0.29) is 11.2 Å². The first kappa shape index (κ1) is 13.7. The monoisotopic (exact) mass is 335 g/mol. The van der Waals surface area contributed by atoms with Crippen LogP contribution in [0.2, 0.25) is 0 Å². The van der Waals surface area contributed by atoms with Gasteiger partial charge in [0.1, 0.15) is 0 Å². The molecule has 1 heterocycles. The Kier molecular flexibility index (Phi) is 4.55. The molecule has 3 nitrogen and oxygen atoms in total. The van der Waals surface area contributed by atoms with Crippen molar-refractivity contribution in [3.05, 3.63) is 31.8 Å². The summed E-state index contributed by atoms with van der Waals surface area (Å²) in [5, 5.41) is 0. The lowest BCUT2D eigenvalue weighted by Crippen LogP contribution is -2.26. The van der Waals surface area contributed by atoms with Crippen LogP contribution in [0.1, 0.15) is 26.3 Å². The number of hydrogen-bond donors (Lipinski definition) is 0. The molecule has 0 saturated carbocycles. The van der Waals surface area contributed by atoms with E-state index in [0.29, 0.717) is 13.2 Å². The SMILES string of the molecule is Cc1cc(=O)n(CCOC(C)(C)C)cc1I. The molecule has 0 aliphatic heterocycles. The summed E-state index contributed by atoms with van der Waals surface area (Å²) in [6.45, 7) is 9.13. The van der Waals surface area contributed by atoms with E-state index in [1.54, 1.807) is 10.6 Å². The lowest BCUT2D eigenvalue weighted by atomic mass is 10.2. The molecule has 0 N–H and O–H groups in total. The van der Waals surface area contributed by atoms with Gasteiger partial charge in [0.05, 0.1) is 12.2 Å². The van der Waals surface area contributed by atoms with Gasteiger partial charge in [0.15, 0.2) is 0 Å². The molecule has 0 bridgehead atoms. The molecule has 0 saturated heterocycles. The van der Waals surface area contributed by atoms with E-state index in [1.807, 2.05) is 33.9 Å². The van der Waals surface area contributed by atoms with Gasteiger partial charge in [-0.05, 0) is 55.8 Å². The summed E-state index contributed by atoms with van der Waals surface area (Å²) in [4.78, 5) is 11.7. The van der Waals surface area contributed by atoms with E-state index in [0.717, 1.165) is 9.13 Å². The largest absolute Gasteiger partial charge is 0.374 e. The van der Waals surface area contributed by atoms with Gasteiger partial charge in [-0.25, -0.2) is 0 Å². The fourth-order valence-corrected chi connectivity index (χ4v) is 1.76. The zero-order chi connectivity index (χ0) is 12.3. The van der Waals surface area contributed by atoms with Crippen LogP contribution >= 0.6 is 22.6 Å². The Morgan fingerprint density at radius 1 is 1.44 bits per heavy atom. The van der Waals surface area contributed by atoms with Gasteiger partial charge in [-0.15, -0.1) is 0 Å². The summed E-state index contributed by atoms with van der Waals surface area (Å²) >= 11 is 2.23. The van der Waals surface area contributed by atoms with Gasteiger partial charge in [-0.2, -0.15) is 0 Å². The normalized spacial score (nSPS) is 11.8. The van der Waals surface area contributed by atoms with Crippen LogP contribution in [0, 0.1) is 10.5 Å². The van der Waals surface area contributed by atoms with Gasteiger partial charge >= 0.3 is 0 Å². The Bertz CT molecular complexity index is 418. The molecule has 1 aromatic heterocycles. The zero-order valence-electron chi connectivity index (χ0n) is 10.2. The highest BCUT2D eigenvalue weighted by molar-refractivity contribution is 14.1. The third-order valence-electron chi connectivity index (χ3n) is 2.14. The number of nitrogens with zero attached hydrogens (tertiary/aromatic N) is 1. The lowest BCUT2D eigenvalue weighted by Gasteiger charge is -2.19. The third-order valence-corrected chi connectivity index (χ3v) is 3.27. The van der Waals surface area contributed by atoms with Gasteiger partial charge in [-0.1, -0.05) is 0 Å². The second-order valence-electron chi connectivity index (χ2n) is 4.80. The van der Waals surface area contributed by atoms with Crippen molar-refractivity contribution in [3.8, 4) is 0 Å². The summed E-state index contributed by atoms with van der Waals surface area (Å²) in [6, 6.07) is 1.67. The summed E-state index contributed by atoms with van der Waals surface area (Å²) < 4.78 is 8.40. The maximum Gasteiger partial charge on any atom is 0.250 e. The van der Waals surface area contributed by atoms with Crippen molar-refractivity contribution >= 4 is 22.6 Å². The Balaban J connectivity index is 2.68. The molecule has 0 aliphatic rings. The van der Waals surface area contributed by atoms with Crippen molar-refractivity contribution in [2.75, 3.05) is 6.61 Å². The average Bonchev–Trinajstić information content (AvgIpc) is 2.11. The highest BCUT2D eigenvalue weighted by Crippen LogP contribution is 2.09. The van der Waals surface area contributed by atoms with Crippen molar-refractivity contribution in [1.82, 2.24) is 4.57 Å². The number of ether oxygens (including phenoxy) is 1.